The smallest absolute Gasteiger partial charge is 0.422 e. The van der Waals surface area contributed by atoms with E-state index in [-0.39, 0.29) is 17.8 Å². The number of nitrogens with zero attached hydrogens (tertiary/aromatic N) is 1. The van der Waals surface area contributed by atoms with Gasteiger partial charge < -0.3 is 15.0 Å². The molecule has 1 aromatic carbocycles. The molecule has 1 atom stereocenters. The van der Waals surface area contributed by atoms with Crippen molar-refractivity contribution >= 4 is 11.7 Å². The Morgan fingerprint density at radius 3 is 2.65 bits per heavy atom. The molecular formula is C19H25F3N2O2. The molecule has 1 aliphatic heterocycles. The normalized spacial score (nSPS) is 21.7. The van der Waals surface area contributed by atoms with E-state index in [9.17, 15) is 18.0 Å². The Bertz CT molecular complexity index is 615. The maximum atomic E-state index is 12.7. The molecule has 1 N–H and O–H groups in total. The summed E-state index contributed by atoms with van der Waals surface area (Å²) in [6.45, 7) is -0.614. The standard InChI is InChI=1S/C19H25F3N2O2/c20-19(21,22)13-26-16-9-4-8-15(12-16)23-18(25)24-11-5-10-17(24)14-6-2-1-3-7-14/h4,8-9,12,14,17H,1-3,5-7,10-11,13H2,(H,23,25). The van der Waals surface area contributed by atoms with Crippen LogP contribution < -0.4 is 10.1 Å². The third-order valence-corrected chi connectivity index (χ3v) is 5.24. The quantitative estimate of drug-likeness (QED) is 0.791. The van der Waals surface area contributed by atoms with E-state index in [0.717, 1.165) is 19.4 Å². The molecule has 144 valence electrons. The van der Waals surface area contributed by atoms with Crippen LogP contribution in [0.4, 0.5) is 23.7 Å². The van der Waals surface area contributed by atoms with Gasteiger partial charge in [-0.2, -0.15) is 13.2 Å². The number of likely N-dealkylation sites (tertiary alicyclic amines) is 1. The second kappa shape index (κ2) is 8.18. The number of carbonyl (C=O) groups excluding carboxylic acids is 1. The summed E-state index contributed by atoms with van der Waals surface area (Å²) in [6, 6.07) is 6.21. The van der Waals surface area contributed by atoms with Crippen molar-refractivity contribution in [2.24, 2.45) is 5.92 Å². The Labute approximate surface area is 151 Å². The van der Waals surface area contributed by atoms with E-state index < -0.39 is 12.8 Å². The molecule has 1 heterocycles. The predicted molar refractivity (Wildman–Crippen MR) is 93.3 cm³/mol. The molecule has 26 heavy (non-hydrogen) atoms. The van der Waals surface area contributed by atoms with Crippen LogP contribution in [0, 0.1) is 5.92 Å². The van der Waals surface area contributed by atoms with E-state index in [1.54, 1.807) is 12.1 Å². The predicted octanol–water partition coefficient (Wildman–Crippen LogP) is 5.20. The van der Waals surface area contributed by atoms with Crippen LogP contribution in [0.15, 0.2) is 24.3 Å². The van der Waals surface area contributed by atoms with Gasteiger partial charge in [0.2, 0.25) is 0 Å². The van der Waals surface area contributed by atoms with E-state index in [0.29, 0.717) is 11.6 Å². The van der Waals surface area contributed by atoms with Gasteiger partial charge in [0.25, 0.3) is 0 Å². The van der Waals surface area contributed by atoms with Crippen molar-refractivity contribution in [2.75, 3.05) is 18.5 Å². The maximum absolute atomic E-state index is 12.7. The Kier molecular flexibility index (Phi) is 5.94. The number of rotatable bonds is 4. The lowest BCUT2D eigenvalue weighted by molar-refractivity contribution is -0.153. The zero-order chi connectivity index (χ0) is 18.6. The Morgan fingerprint density at radius 2 is 1.92 bits per heavy atom. The number of amides is 2. The second-order valence-corrected chi connectivity index (χ2v) is 7.16. The van der Waals surface area contributed by atoms with Crippen LogP contribution in [0.2, 0.25) is 0 Å². The fraction of sp³-hybridized carbons (Fsp3) is 0.632. The molecule has 0 aromatic heterocycles. The summed E-state index contributed by atoms with van der Waals surface area (Å²) in [7, 11) is 0. The molecule has 4 nitrogen and oxygen atoms in total. The van der Waals surface area contributed by atoms with Crippen LogP contribution in [0.5, 0.6) is 5.75 Å². The third-order valence-electron chi connectivity index (χ3n) is 5.24. The summed E-state index contributed by atoms with van der Waals surface area (Å²) < 4.78 is 41.6. The van der Waals surface area contributed by atoms with Gasteiger partial charge in [0.05, 0.1) is 0 Å². The van der Waals surface area contributed by atoms with E-state index in [1.807, 2.05) is 4.90 Å². The SMILES string of the molecule is O=C(Nc1cccc(OCC(F)(F)F)c1)N1CCCC1C1CCCCC1. The summed E-state index contributed by atoms with van der Waals surface area (Å²) in [4.78, 5) is 14.6. The van der Waals surface area contributed by atoms with Gasteiger partial charge in [-0.15, -0.1) is 0 Å². The summed E-state index contributed by atoms with van der Waals surface area (Å²) >= 11 is 0. The number of hydrogen-bond donors (Lipinski definition) is 1. The van der Waals surface area contributed by atoms with E-state index in [2.05, 4.69) is 5.32 Å². The minimum atomic E-state index is -4.39. The highest BCUT2D eigenvalue weighted by atomic mass is 19.4. The molecule has 3 rings (SSSR count). The van der Waals surface area contributed by atoms with Gasteiger partial charge in [-0.3, -0.25) is 0 Å². The van der Waals surface area contributed by atoms with E-state index >= 15 is 0 Å². The number of hydrogen-bond acceptors (Lipinski definition) is 2. The van der Waals surface area contributed by atoms with Crippen LogP contribution in [-0.2, 0) is 0 Å². The van der Waals surface area contributed by atoms with Gasteiger partial charge in [0, 0.05) is 24.3 Å². The number of urea groups is 1. The maximum Gasteiger partial charge on any atom is 0.422 e. The highest BCUT2D eigenvalue weighted by Gasteiger charge is 2.35. The molecule has 0 bridgehead atoms. The largest absolute Gasteiger partial charge is 0.484 e. The minimum Gasteiger partial charge on any atom is -0.484 e. The van der Waals surface area contributed by atoms with Gasteiger partial charge in [-0.1, -0.05) is 25.3 Å². The Morgan fingerprint density at radius 1 is 1.15 bits per heavy atom. The van der Waals surface area contributed by atoms with Gasteiger partial charge >= 0.3 is 12.2 Å². The van der Waals surface area contributed by atoms with Gasteiger partial charge in [0.15, 0.2) is 6.61 Å². The third kappa shape index (κ3) is 5.05. The number of ether oxygens (including phenoxy) is 1. The zero-order valence-electron chi connectivity index (χ0n) is 14.7. The number of anilines is 1. The summed E-state index contributed by atoms with van der Waals surface area (Å²) in [5, 5.41) is 2.82. The molecule has 0 radical (unpaired) electrons. The average molecular weight is 370 g/mol. The van der Waals surface area contributed by atoms with E-state index in [4.69, 9.17) is 4.74 Å². The van der Waals surface area contributed by atoms with Gasteiger partial charge in [0.1, 0.15) is 5.75 Å². The molecule has 1 aromatic rings. The first-order valence-corrected chi connectivity index (χ1v) is 9.29. The highest BCUT2D eigenvalue weighted by Crippen LogP contribution is 2.34. The molecule has 1 aliphatic carbocycles. The van der Waals surface area contributed by atoms with Gasteiger partial charge in [-0.25, -0.2) is 4.79 Å². The number of halogens is 3. The molecule has 1 saturated carbocycles. The fourth-order valence-corrected chi connectivity index (χ4v) is 4.08. The van der Waals surface area contributed by atoms with Crippen molar-refractivity contribution in [3.63, 3.8) is 0 Å². The van der Waals surface area contributed by atoms with Crippen molar-refractivity contribution in [1.82, 2.24) is 4.90 Å². The van der Waals surface area contributed by atoms with Crippen molar-refractivity contribution < 1.29 is 22.7 Å². The number of benzene rings is 1. The van der Waals surface area contributed by atoms with Crippen molar-refractivity contribution in [3.05, 3.63) is 24.3 Å². The summed E-state index contributed by atoms with van der Waals surface area (Å²) in [5.74, 6) is 0.656. The molecule has 2 aliphatic rings. The lowest BCUT2D eigenvalue weighted by Gasteiger charge is -2.34. The van der Waals surface area contributed by atoms with Crippen LogP contribution in [0.3, 0.4) is 0 Å². The highest BCUT2D eigenvalue weighted by molar-refractivity contribution is 5.90. The first-order chi connectivity index (χ1) is 12.4. The van der Waals surface area contributed by atoms with Crippen LogP contribution in [0.25, 0.3) is 0 Å². The lowest BCUT2D eigenvalue weighted by atomic mass is 9.83. The average Bonchev–Trinajstić information content (AvgIpc) is 3.10. The van der Waals surface area contributed by atoms with Crippen LogP contribution in [-0.4, -0.2) is 36.3 Å². The lowest BCUT2D eigenvalue weighted by Crippen LogP contribution is -2.43. The topological polar surface area (TPSA) is 41.6 Å². The fourth-order valence-electron chi connectivity index (χ4n) is 4.08. The van der Waals surface area contributed by atoms with Crippen molar-refractivity contribution in [2.45, 2.75) is 57.2 Å². The molecule has 0 spiro atoms. The van der Waals surface area contributed by atoms with Crippen molar-refractivity contribution in [3.8, 4) is 5.75 Å². The first-order valence-electron chi connectivity index (χ1n) is 9.29. The van der Waals surface area contributed by atoms with Gasteiger partial charge in [-0.05, 0) is 43.7 Å². The van der Waals surface area contributed by atoms with E-state index in [1.165, 1.54) is 44.2 Å². The Hall–Kier alpha value is -1.92. The molecule has 1 unspecified atom stereocenters. The zero-order valence-corrected chi connectivity index (χ0v) is 14.7. The first kappa shape index (κ1) is 18.9. The molecule has 1 saturated heterocycles. The summed E-state index contributed by atoms with van der Waals surface area (Å²) in [5.41, 5.74) is 0.448. The monoisotopic (exact) mass is 370 g/mol. The van der Waals surface area contributed by atoms with Crippen LogP contribution >= 0.6 is 0 Å². The van der Waals surface area contributed by atoms with Crippen molar-refractivity contribution in [1.29, 1.82) is 0 Å². The molecular weight excluding hydrogens is 345 g/mol. The minimum absolute atomic E-state index is 0.0883. The second-order valence-electron chi connectivity index (χ2n) is 7.16. The molecule has 7 heteroatoms. The number of carbonyl (C=O) groups is 1. The number of nitrogens with one attached hydrogen (secondary N) is 1. The van der Waals surface area contributed by atoms with Crippen LogP contribution in [0.1, 0.15) is 44.9 Å². The number of alkyl halides is 3. The Balaban J connectivity index is 1.60. The molecule has 2 amide bonds. The molecule has 2 fully saturated rings. The summed E-state index contributed by atoms with van der Waals surface area (Å²) in [6.07, 6.45) is 3.74.